The SMILES string of the molecule is CCOC(=O)c1nn(-c2cnc(OC)nc2OC)c(C(C)C)c1C(Cc1cc(Cl)cn(C)c1=O)c1ccc(Cl)c(F)c1. The Labute approximate surface area is 252 Å². The fraction of sp³-hybridized carbons (Fsp3) is 0.345. The summed E-state index contributed by atoms with van der Waals surface area (Å²) >= 11 is 12.4. The molecule has 0 amide bonds. The largest absolute Gasteiger partial charge is 0.479 e. The molecule has 0 aliphatic rings. The molecule has 0 saturated carbocycles. The van der Waals surface area contributed by atoms with Crippen molar-refractivity contribution in [2.45, 2.75) is 39.0 Å². The molecule has 0 fully saturated rings. The van der Waals surface area contributed by atoms with Crippen molar-refractivity contribution in [2.75, 3.05) is 20.8 Å². The average molecular weight is 618 g/mol. The number of pyridine rings is 1. The van der Waals surface area contributed by atoms with Gasteiger partial charge in [0.1, 0.15) is 11.5 Å². The Bertz CT molecular complexity index is 1690. The molecule has 13 heteroatoms. The van der Waals surface area contributed by atoms with Gasteiger partial charge >= 0.3 is 12.0 Å². The quantitative estimate of drug-likeness (QED) is 0.215. The van der Waals surface area contributed by atoms with Crippen LogP contribution in [-0.2, 0) is 18.2 Å². The first-order valence-electron chi connectivity index (χ1n) is 13.1. The fourth-order valence-corrected chi connectivity index (χ4v) is 5.23. The highest BCUT2D eigenvalue weighted by molar-refractivity contribution is 6.30. The van der Waals surface area contributed by atoms with E-state index in [1.165, 1.54) is 48.0 Å². The number of carbonyl (C=O) groups excluding carboxylic acids is 1. The first-order chi connectivity index (χ1) is 20.0. The van der Waals surface area contributed by atoms with Gasteiger partial charge in [0.25, 0.3) is 5.56 Å². The minimum Gasteiger partial charge on any atom is -0.479 e. The summed E-state index contributed by atoms with van der Waals surface area (Å²) in [6.45, 7) is 5.60. The lowest BCUT2D eigenvalue weighted by molar-refractivity contribution is 0.0517. The van der Waals surface area contributed by atoms with Gasteiger partial charge in [-0.15, -0.1) is 0 Å². The molecule has 4 aromatic rings. The number of halogens is 3. The van der Waals surface area contributed by atoms with Crippen LogP contribution in [0.4, 0.5) is 4.39 Å². The highest BCUT2D eigenvalue weighted by Crippen LogP contribution is 2.39. The Balaban J connectivity index is 2.09. The number of hydrogen-bond acceptors (Lipinski definition) is 8. The van der Waals surface area contributed by atoms with Crippen LogP contribution in [0.15, 0.2) is 41.5 Å². The monoisotopic (exact) mass is 617 g/mol. The lowest BCUT2D eigenvalue weighted by atomic mass is 9.82. The molecule has 0 aliphatic carbocycles. The second kappa shape index (κ2) is 12.9. The van der Waals surface area contributed by atoms with E-state index in [2.05, 4.69) is 15.1 Å². The molecule has 1 atom stereocenters. The summed E-state index contributed by atoms with van der Waals surface area (Å²) in [7, 11) is 4.45. The summed E-state index contributed by atoms with van der Waals surface area (Å²) in [6.07, 6.45) is 3.02. The van der Waals surface area contributed by atoms with Crippen molar-refractivity contribution in [2.24, 2.45) is 7.05 Å². The van der Waals surface area contributed by atoms with Gasteiger partial charge in [0.2, 0.25) is 5.88 Å². The van der Waals surface area contributed by atoms with Crippen molar-refractivity contribution in [1.29, 1.82) is 0 Å². The van der Waals surface area contributed by atoms with Crippen LogP contribution < -0.4 is 15.0 Å². The molecular formula is C29H30Cl2FN5O5. The smallest absolute Gasteiger partial charge is 0.359 e. The molecule has 1 unspecified atom stereocenters. The zero-order valence-corrected chi connectivity index (χ0v) is 25.5. The van der Waals surface area contributed by atoms with E-state index in [1.54, 1.807) is 26.1 Å². The molecular weight excluding hydrogens is 588 g/mol. The predicted octanol–water partition coefficient (Wildman–Crippen LogP) is 5.50. The number of esters is 1. The Kier molecular flexibility index (Phi) is 9.53. The van der Waals surface area contributed by atoms with E-state index >= 15 is 0 Å². The van der Waals surface area contributed by atoms with Crippen molar-refractivity contribution >= 4 is 29.2 Å². The molecule has 3 heterocycles. The van der Waals surface area contributed by atoms with Gasteiger partial charge in [0.05, 0.1) is 42.8 Å². The molecule has 42 heavy (non-hydrogen) atoms. The van der Waals surface area contributed by atoms with Crippen LogP contribution in [0.5, 0.6) is 11.9 Å². The van der Waals surface area contributed by atoms with Crippen molar-refractivity contribution in [3.05, 3.63) is 91.0 Å². The number of carbonyl (C=O) groups is 1. The summed E-state index contributed by atoms with van der Waals surface area (Å²) in [5, 5.41) is 4.96. The number of benzene rings is 1. The molecule has 0 spiro atoms. The Hall–Kier alpha value is -3.96. The summed E-state index contributed by atoms with van der Waals surface area (Å²) in [4.78, 5) is 35.2. The highest BCUT2D eigenvalue weighted by Gasteiger charge is 2.34. The number of nitrogens with zero attached hydrogens (tertiary/aromatic N) is 5. The Morgan fingerprint density at radius 3 is 2.50 bits per heavy atom. The van der Waals surface area contributed by atoms with E-state index in [1.807, 2.05) is 13.8 Å². The maximum atomic E-state index is 14.9. The minimum absolute atomic E-state index is 0.0161. The van der Waals surface area contributed by atoms with Gasteiger partial charge in [-0.25, -0.2) is 18.9 Å². The number of hydrogen-bond donors (Lipinski definition) is 0. The van der Waals surface area contributed by atoms with Gasteiger partial charge in [0, 0.05) is 30.3 Å². The van der Waals surface area contributed by atoms with Crippen LogP contribution in [0.1, 0.15) is 65.5 Å². The van der Waals surface area contributed by atoms with Gasteiger partial charge in [-0.05, 0) is 43.0 Å². The summed E-state index contributed by atoms with van der Waals surface area (Å²) in [5.74, 6) is -2.20. The number of aromatic nitrogens is 5. The van der Waals surface area contributed by atoms with Crippen LogP contribution in [0.3, 0.4) is 0 Å². The van der Waals surface area contributed by atoms with Gasteiger partial charge in [-0.3, -0.25) is 4.79 Å². The highest BCUT2D eigenvalue weighted by atomic mass is 35.5. The first kappa shape index (κ1) is 31.0. The standard InChI is InChI=1S/C29H30Cl2FN5O5/c1-7-42-28(39)24-23(25(15(2)3)37(35-24)22-13-33-29(41-6)34-26(22)40-5)19(16-8-9-20(31)21(32)12-16)11-17-10-18(30)14-36(4)27(17)38/h8-10,12-15,19H,7,11H2,1-6H3. The zero-order chi connectivity index (χ0) is 30.7. The predicted molar refractivity (Wildman–Crippen MR) is 156 cm³/mol. The van der Waals surface area contributed by atoms with Crippen LogP contribution in [-0.4, -0.2) is 51.1 Å². The molecule has 0 bridgehead atoms. The second-order valence-corrected chi connectivity index (χ2v) is 10.6. The van der Waals surface area contributed by atoms with E-state index in [9.17, 15) is 14.0 Å². The normalized spacial score (nSPS) is 12.0. The molecule has 0 radical (unpaired) electrons. The molecule has 4 rings (SSSR count). The minimum atomic E-state index is -0.751. The molecule has 0 aliphatic heterocycles. The van der Waals surface area contributed by atoms with Gasteiger partial charge in [-0.2, -0.15) is 10.1 Å². The molecule has 0 saturated heterocycles. The van der Waals surface area contributed by atoms with Crippen LogP contribution in [0.25, 0.3) is 5.69 Å². The molecule has 1 aromatic carbocycles. The van der Waals surface area contributed by atoms with Crippen molar-refractivity contribution in [1.82, 2.24) is 24.3 Å². The van der Waals surface area contributed by atoms with E-state index in [-0.39, 0.29) is 47.1 Å². The van der Waals surface area contributed by atoms with Crippen molar-refractivity contribution in [3.63, 3.8) is 0 Å². The third-order valence-electron chi connectivity index (χ3n) is 6.64. The summed E-state index contributed by atoms with van der Waals surface area (Å²) in [5.41, 5.74) is 1.85. The Morgan fingerprint density at radius 2 is 1.88 bits per heavy atom. The van der Waals surface area contributed by atoms with Crippen molar-refractivity contribution < 1.29 is 23.4 Å². The number of aryl methyl sites for hydroxylation is 1. The van der Waals surface area contributed by atoms with E-state index in [0.29, 0.717) is 33.1 Å². The van der Waals surface area contributed by atoms with Crippen LogP contribution in [0.2, 0.25) is 10.0 Å². The molecule has 10 nitrogen and oxygen atoms in total. The first-order valence-corrected chi connectivity index (χ1v) is 13.8. The Morgan fingerprint density at radius 1 is 1.14 bits per heavy atom. The molecule has 3 aromatic heterocycles. The molecule has 222 valence electrons. The van der Waals surface area contributed by atoms with E-state index < -0.39 is 17.7 Å². The van der Waals surface area contributed by atoms with E-state index in [4.69, 9.17) is 37.4 Å². The maximum absolute atomic E-state index is 14.9. The number of ether oxygens (including phenoxy) is 3. The van der Waals surface area contributed by atoms with Gasteiger partial charge < -0.3 is 18.8 Å². The molecule has 0 N–H and O–H groups in total. The van der Waals surface area contributed by atoms with Crippen molar-refractivity contribution in [3.8, 4) is 17.6 Å². The lowest BCUT2D eigenvalue weighted by Crippen LogP contribution is -2.23. The van der Waals surface area contributed by atoms with Crippen LogP contribution >= 0.6 is 23.2 Å². The number of methoxy groups -OCH3 is 2. The topological polar surface area (TPSA) is 110 Å². The summed E-state index contributed by atoms with van der Waals surface area (Å²) < 4.78 is 33.9. The van der Waals surface area contributed by atoms with E-state index in [0.717, 1.165) is 0 Å². The number of rotatable bonds is 10. The third kappa shape index (κ3) is 6.12. The zero-order valence-electron chi connectivity index (χ0n) is 23.9. The average Bonchev–Trinajstić information content (AvgIpc) is 3.36. The third-order valence-corrected chi connectivity index (χ3v) is 7.15. The fourth-order valence-electron chi connectivity index (χ4n) is 4.83. The summed E-state index contributed by atoms with van der Waals surface area (Å²) in [6, 6.07) is 6.01. The van der Waals surface area contributed by atoms with Gasteiger partial charge in [-0.1, -0.05) is 43.1 Å². The maximum Gasteiger partial charge on any atom is 0.359 e. The second-order valence-electron chi connectivity index (χ2n) is 9.72. The van der Waals surface area contributed by atoms with Crippen LogP contribution in [0, 0.1) is 5.82 Å². The lowest BCUT2D eigenvalue weighted by Gasteiger charge is -2.22. The van der Waals surface area contributed by atoms with Gasteiger partial charge in [0.15, 0.2) is 5.69 Å².